The van der Waals surface area contributed by atoms with E-state index in [0.29, 0.717) is 12.3 Å². The lowest BCUT2D eigenvalue weighted by Gasteiger charge is -2.42. The number of aliphatic hydroxyl groups is 1. The first-order valence-corrected chi connectivity index (χ1v) is 8.85. The van der Waals surface area contributed by atoms with Crippen LogP contribution in [0.1, 0.15) is 59.3 Å². The van der Waals surface area contributed by atoms with E-state index < -0.39 is 6.10 Å². The third kappa shape index (κ3) is 3.03. The van der Waals surface area contributed by atoms with E-state index in [1.54, 1.807) is 0 Å². The summed E-state index contributed by atoms with van der Waals surface area (Å²) in [5, 5.41) is 13.4. The van der Waals surface area contributed by atoms with Gasteiger partial charge in [-0.15, -0.1) is 0 Å². The molecule has 3 rings (SSSR count). The number of aliphatic hydroxyl groups excluding tert-OH is 1. The van der Waals surface area contributed by atoms with Gasteiger partial charge in [0.1, 0.15) is 0 Å². The van der Waals surface area contributed by atoms with Crippen LogP contribution in [0.15, 0.2) is 34.9 Å². The van der Waals surface area contributed by atoms with E-state index in [-0.39, 0.29) is 17.4 Å². The van der Waals surface area contributed by atoms with Gasteiger partial charge in [0, 0.05) is 5.57 Å². The SMILES string of the molecule is C=C1CC[C@@H]2CCC3=C([C@@H](C/C(C)=C/[C@@H](O)C1)NC3=O)C2(C)C. The molecule has 2 N–H and O–H groups in total. The van der Waals surface area contributed by atoms with Crippen molar-refractivity contribution in [2.24, 2.45) is 11.3 Å². The summed E-state index contributed by atoms with van der Waals surface area (Å²) in [4.78, 5) is 12.4. The number of nitrogens with one attached hydrogen (secondary N) is 1. The van der Waals surface area contributed by atoms with Gasteiger partial charge < -0.3 is 10.4 Å². The maximum absolute atomic E-state index is 12.4. The zero-order chi connectivity index (χ0) is 16.8. The molecule has 2 bridgehead atoms. The Hall–Kier alpha value is -1.35. The first kappa shape index (κ1) is 16.5. The summed E-state index contributed by atoms with van der Waals surface area (Å²) in [5.41, 5.74) is 4.68. The minimum atomic E-state index is -0.458. The summed E-state index contributed by atoms with van der Waals surface area (Å²) in [6.07, 6.45) is 6.97. The van der Waals surface area contributed by atoms with Crippen molar-refractivity contribution in [2.75, 3.05) is 0 Å². The Bertz CT molecular complexity index is 597. The summed E-state index contributed by atoms with van der Waals surface area (Å²) in [7, 11) is 0. The highest BCUT2D eigenvalue weighted by molar-refractivity contribution is 5.98. The lowest BCUT2D eigenvalue weighted by molar-refractivity contribution is -0.117. The van der Waals surface area contributed by atoms with Crippen molar-refractivity contribution in [3.05, 3.63) is 34.9 Å². The van der Waals surface area contributed by atoms with Crippen LogP contribution in [0, 0.1) is 11.3 Å². The highest BCUT2D eigenvalue weighted by Crippen LogP contribution is 2.51. The topological polar surface area (TPSA) is 49.3 Å². The third-order valence-electron chi connectivity index (χ3n) is 6.06. The number of hydrogen-bond acceptors (Lipinski definition) is 2. The predicted octanol–water partition coefficient (Wildman–Crippen LogP) is 3.66. The van der Waals surface area contributed by atoms with Gasteiger partial charge in [0.2, 0.25) is 5.91 Å². The molecular formula is C20H29NO2. The normalized spacial score (nSPS) is 36.7. The van der Waals surface area contributed by atoms with E-state index in [0.717, 1.165) is 48.8 Å². The molecule has 3 nitrogen and oxygen atoms in total. The number of amides is 1. The number of rotatable bonds is 0. The van der Waals surface area contributed by atoms with E-state index in [2.05, 4.69) is 32.7 Å². The largest absolute Gasteiger partial charge is 0.389 e. The monoisotopic (exact) mass is 315 g/mol. The first-order valence-electron chi connectivity index (χ1n) is 8.85. The fraction of sp³-hybridized carbons (Fsp3) is 0.650. The molecule has 0 saturated carbocycles. The molecule has 23 heavy (non-hydrogen) atoms. The first-order chi connectivity index (χ1) is 10.8. The molecule has 3 aliphatic rings. The number of carbonyl (C=O) groups excluding carboxylic acids is 1. The molecule has 126 valence electrons. The van der Waals surface area contributed by atoms with Crippen molar-refractivity contribution in [1.29, 1.82) is 0 Å². The summed E-state index contributed by atoms with van der Waals surface area (Å²) in [6.45, 7) is 10.8. The average Bonchev–Trinajstić information content (AvgIpc) is 2.73. The van der Waals surface area contributed by atoms with Crippen LogP contribution in [0.5, 0.6) is 0 Å². The summed E-state index contributed by atoms with van der Waals surface area (Å²) < 4.78 is 0. The van der Waals surface area contributed by atoms with Crippen molar-refractivity contribution >= 4 is 5.91 Å². The summed E-state index contributed by atoms with van der Waals surface area (Å²) in [6, 6.07) is 0.0985. The molecule has 0 unspecified atom stereocenters. The maximum atomic E-state index is 12.4. The van der Waals surface area contributed by atoms with E-state index in [1.165, 1.54) is 5.57 Å². The van der Waals surface area contributed by atoms with Crippen LogP contribution < -0.4 is 5.32 Å². The third-order valence-corrected chi connectivity index (χ3v) is 6.06. The Morgan fingerprint density at radius 2 is 1.96 bits per heavy atom. The summed E-state index contributed by atoms with van der Waals surface area (Å²) >= 11 is 0. The van der Waals surface area contributed by atoms with Gasteiger partial charge >= 0.3 is 0 Å². The minimum absolute atomic E-state index is 0.0514. The van der Waals surface area contributed by atoms with Crippen molar-refractivity contribution in [3.63, 3.8) is 0 Å². The average molecular weight is 315 g/mol. The van der Waals surface area contributed by atoms with Gasteiger partial charge in [-0.2, -0.15) is 0 Å². The minimum Gasteiger partial charge on any atom is -0.389 e. The van der Waals surface area contributed by atoms with Gasteiger partial charge in [-0.1, -0.05) is 37.6 Å². The second-order valence-electron chi connectivity index (χ2n) is 8.15. The quantitative estimate of drug-likeness (QED) is 0.670. The molecule has 0 aromatic carbocycles. The molecule has 1 aliphatic heterocycles. The Kier molecular flexibility index (Phi) is 4.26. The fourth-order valence-corrected chi connectivity index (χ4v) is 4.85. The standard InChI is InChI=1S/C20H29NO2/c1-12-5-6-14-7-8-16-18(20(14,3)4)17(21-19(16)23)11-13(2)10-15(22)9-12/h10,14-15,17,22H,1,5-9,11H2,2-4H3,(H,21,23)/b13-10+/t14-,15+,17-/m1/s1. The molecule has 0 fully saturated rings. The van der Waals surface area contributed by atoms with Crippen molar-refractivity contribution in [3.8, 4) is 0 Å². The zero-order valence-corrected chi connectivity index (χ0v) is 14.6. The number of carbonyl (C=O) groups is 1. The molecular weight excluding hydrogens is 286 g/mol. The van der Waals surface area contributed by atoms with Crippen LogP contribution in [-0.2, 0) is 4.79 Å². The highest BCUT2D eigenvalue weighted by Gasteiger charge is 2.46. The number of hydrogen-bond donors (Lipinski definition) is 2. The lowest BCUT2D eigenvalue weighted by Crippen LogP contribution is -2.37. The Balaban J connectivity index is 2.01. The number of fused-ring (bicyclic) bond motifs is 1. The Morgan fingerprint density at radius 1 is 1.26 bits per heavy atom. The van der Waals surface area contributed by atoms with Crippen molar-refractivity contribution < 1.29 is 9.90 Å². The van der Waals surface area contributed by atoms with Gasteiger partial charge in [-0.05, 0) is 62.4 Å². The zero-order valence-electron chi connectivity index (χ0n) is 14.6. The molecule has 3 heteroatoms. The van der Waals surface area contributed by atoms with Gasteiger partial charge in [0.05, 0.1) is 12.1 Å². The molecule has 1 amide bonds. The van der Waals surface area contributed by atoms with E-state index in [1.807, 2.05) is 6.08 Å². The molecule has 0 aromatic rings. The molecule has 1 heterocycles. The van der Waals surface area contributed by atoms with Gasteiger partial charge in [-0.25, -0.2) is 0 Å². The molecule has 2 aliphatic carbocycles. The molecule has 3 atom stereocenters. The fourth-order valence-electron chi connectivity index (χ4n) is 4.85. The molecule has 0 spiro atoms. The smallest absolute Gasteiger partial charge is 0.247 e. The molecule has 0 saturated heterocycles. The van der Waals surface area contributed by atoms with Crippen LogP contribution >= 0.6 is 0 Å². The van der Waals surface area contributed by atoms with E-state index >= 15 is 0 Å². The van der Waals surface area contributed by atoms with Crippen LogP contribution in [-0.4, -0.2) is 23.2 Å². The van der Waals surface area contributed by atoms with Crippen LogP contribution in [0.2, 0.25) is 0 Å². The van der Waals surface area contributed by atoms with E-state index in [4.69, 9.17) is 0 Å². The molecule has 0 radical (unpaired) electrons. The van der Waals surface area contributed by atoms with Crippen molar-refractivity contribution in [2.45, 2.75) is 71.4 Å². The molecule has 0 aromatic heterocycles. The second kappa shape index (κ2) is 5.94. The highest BCUT2D eigenvalue weighted by atomic mass is 16.3. The van der Waals surface area contributed by atoms with Crippen LogP contribution in [0.4, 0.5) is 0 Å². The summed E-state index contributed by atoms with van der Waals surface area (Å²) in [5.74, 6) is 0.707. The van der Waals surface area contributed by atoms with Crippen molar-refractivity contribution in [1.82, 2.24) is 5.32 Å². The van der Waals surface area contributed by atoms with Crippen LogP contribution in [0.25, 0.3) is 0 Å². The lowest BCUT2D eigenvalue weighted by atomic mass is 9.62. The Labute approximate surface area is 139 Å². The van der Waals surface area contributed by atoms with Gasteiger partial charge in [0.25, 0.3) is 0 Å². The van der Waals surface area contributed by atoms with Gasteiger partial charge in [0.15, 0.2) is 0 Å². The van der Waals surface area contributed by atoms with Gasteiger partial charge in [-0.3, -0.25) is 4.79 Å². The predicted molar refractivity (Wildman–Crippen MR) is 92.8 cm³/mol. The maximum Gasteiger partial charge on any atom is 0.247 e. The second-order valence-corrected chi connectivity index (χ2v) is 8.15. The van der Waals surface area contributed by atoms with E-state index in [9.17, 15) is 9.90 Å². The van der Waals surface area contributed by atoms with Crippen LogP contribution in [0.3, 0.4) is 0 Å². The Morgan fingerprint density at radius 3 is 2.70 bits per heavy atom.